The molecule has 1 heterocycles. The van der Waals surface area contributed by atoms with Crippen LogP contribution in [0, 0.1) is 0 Å². The largest absolute Gasteiger partial charge is 0.494 e. The molecule has 23 heavy (non-hydrogen) atoms. The van der Waals surface area contributed by atoms with Gasteiger partial charge in [0.15, 0.2) is 5.78 Å². The van der Waals surface area contributed by atoms with Gasteiger partial charge in [-0.3, -0.25) is 9.59 Å². The van der Waals surface area contributed by atoms with E-state index in [1.165, 1.54) is 0 Å². The normalized spacial score (nSPS) is 23.7. The molecule has 2 fully saturated rings. The zero-order valence-electron chi connectivity index (χ0n) is 13.4. The summed E-state index contributed by atoms with van der Waals surface area (Å²) in [6.07, 6.45) is 5.69. The molecule has 3 rings (SSSR count). The summed E-state index contributed by atoms with van der Waals surface area (Å²) in [7, 11) is 0. The number of amides is 1. The molecule has 0 radical (unpaired) electrons. The number of ether oxygens (including phenoxy) is 1. The molecule has 1 saturated carbocycles. The molecule has 1 aliphatic carbocycles. The molecule has 0 aromatic heterocycles. The zero-order chi connectivity index (χ0) is 16.4. The van der Waals surface area contributed by atoms with Crippen molar-refractivity contribution in [3.8, 4) is 5.75 Å². The van der Waals surface area contributed by atoms with Gasteiger partial charge in [0.1, 0.15) is 11.7 Å². The molecule has 4 nitrogen and oxygen atoms in total. The van der Waals surface area contributed by atoms with Crippen LogP contribution in [0.15, 0.2) is 18.2 Å². The number of Topliss-reactive ketones (excluding diaryl/α,β-unsaturated/α-hetero) is 1. The summed E-state index contributed by atoms with van der Waals surface area (Å²) in [5.41, 5.74) is -0.0982. The van der Waals surface area contributed by atoms with Gasteiger partial charge in [-0.15, -0.1) is 0 Å². The minimum Gasteiger partial charge on any atom is -0.494 e. The summed E-state index contributed by atoms with van der Waals surface area (Å²) < 4.78 is 5.41. The SMILES string of the molecule is CCOc1ccc(C2C(=O)NC3(CCCCCC3)C2=O)c(Cl)c1. The third kappa shape index (κ3) is 2.97. The number of hydrogen-bond acceptors (Lipinski definition) is 3. The highest BCUT2D eigenvalue weighted by Gasteiger charge is 2.52. The molecular formula is C18H22ClNO3. The Kier molecular flexibility index (Phi) is 4.62. The van der Waals surface area contributed by atoms with Gasteiger partial charge >= 0.3 is 0 Å². The Morgan fingerprint density at radius 2 is 1.91 bits per heavy atom. The van der Waals surface area contributed by atoms with Crippen LogP contribution in [0.1, 0.15) is 56.9 Å². The molecule has 1 aromatic rings. The van der Waals surface area contributed by atoms with E-state index in [2.05, 4.69) is 5.32 Å². The summed E-state index contributed by atoms with van der Waals surface area (Å²) in [4.78, 5) is 25.5. The minimum atomic E-state index is -0.795. The van der Waals surface area contributed by atoms with Crippen molar-refractivity contribution >= 4 is 23.3 Å². The van der Waals surface area contributed by atoms with E-state index in [0.717, 1.165) is 38.5 Å². The van der Waals surface area contributed by atoms with Crippen molar-refractivity contribution in [2.24, 2.45) is 0 Å². The number of nitrogens with one attached hydrogen (secondary N) is 1. The van der Waals surface area contributed by atoms with Gasteiger partial charge in [-0.05, 0) is 37.5 Å². The number of halogens is 1. The molecule has 1 spiro atoms. The number of hydrogen-bond donors (Lipinski definition) is 1. The number of carbonyl (C=O) groups excluding carboxylic acids is 2. The van der Waals surface area contributed by atoms with Crippen LogP contribution < -0.4 is 10.1 Å². The van der Waals surface area contributed by atoms with E-state index < -0.39 is 11.5 Å². The molecule has 1 saturated heterocycles. The predicted octanol–water partition coefficient (Wildman–Crippen LogP) is 3.61. The number of rotatable bonds is 3. The Balaban J connectivity index is 1.91. The lowest BCUT2D eigenvalue weighted by Gasteiger charge is -2.25. The van der Waals surface area contributed by atoms with E-state index >= 15 is 0 Å². The van der Waals surface area contributed by atoms with Gasteiger partial charge < -0.3 is 10.1 Å². The van der Waals surface area contributed by atoms with Crippen LogP contribution >= 0.6 is 11.6 Å². The topological polar surface area (TPSA) is 55.4 Å². The summed E-state index contributed by atoms with van der Waals surface area (Å²) in [6, 6.07) is 5.19. The second-order valence-corrected chi connectivity index (χ2v) is 6.81. The van der Waals surface area contributed by atoms with Crippen molar-refractivity contribution in [3.05, 3.63) is 28.8 Å². The van der Waals surface area contributed by atoms with Crippen molar-refractivity contribution in [2.45, 2.75) is 56.9 Å². The van der Waals surface area contributed by atoms with E-state index in [-0.39, 0.29) is 11.7 Å². The lowest BCUT2D eigenvalue weighted by atomic mass is 9.82. The van der Waals surface area contributed by atoms with Crippen molar-refractivity contribution in [1.29, 1.82) is 0 Å². The Labute approximate surface area is 141 Å². The molecule has 1 N–H and O–H groups in total. The van der Waals surface area contributed by atoms with Gasteiger partial charge in [0.2, 0.25) is 5.91 Å². The van der Waals surface area contributed by atoms with E-state index in [4.69, 9.17) is 16.3 Å². The van der Waals surface area contributed by atoms with Gasteiger partial charge in [0, 0.05) is 5.02 Å². The van der Waals surface area contributed by atoms with Crippen molar-refractivity contribution < 1.29 is 14.3 Å². The van der Waals surface area contributed by atoms with E-state index in [1.54, 1.807) is 18.2 Å². The first-order valence-corrected chi connectivity index (χ1v) is 8.74. The van der Waals surface area contributed by atoms with Crippen LogP contribution in [0.3, 0.4) is 0 Å². The van der Waals surface area contributed by atoms with Gasteiger partial charge in [-0.25, -0.2) is 0 Å². The van der Waals surface area contributed by atoms with Crippen LogP contribution in [-0.2, 0) is 9.59 Å². The highest BCUT2D eigenvalue weighted by atomic mass is 35.5. The first-order chi connectivity index (χ1) is 11.1. The maximum atomic E-state index is 13.0. The highest BCUT2D eigenvalue weighted by Crippen LogP contribution is 2.40. The number of carbonyl (C=O) groups is 2. The Morgan fingerprint density at radius 3 is 2.52 bits per heavy atom. The quantitative estimate of drug-likeness (QED) is 0.858. The average Bonchev–Trinajstić information content (AvgIpc) is 2.69. The lowest BCUT2D eigenvalue weighted by Crippen LogP contribution is -2.46. The zero-order valence-corrected chi connectivity index (χ0v) is 14.1. The highest BCUT2D eigenvalue weighted by molar-refractivity contribution is 6.33. The van der Waals surface area contributed by atoms with Crippen molar-refractivity contribution in [1.82, 2.24) is 5.32 Å². The summed E-state index contributed by atoms with van der Waals surface area (Å²) in [5.74, 6) is -0.383. The van der Waals surface area contributed by atoms with Crippen LogP contribution in [0.2, 0.25) is 5.02 Å². The van der Waals surface area contributed by atoms with Crippen LogP contribution in [0.4, 0.5) is 0 Å². The van der Waals surface area contributed by atoms with E-state index in [1.807, 2.05) is 6.92 Å². The standard InChI is InChI=1S/C18H22ClNO3/c1-2-23-12-7-8-13(14(19)11-12)15-16(21)18(20-17(15)22)9-5-3-4-6-10-18/h7-8,11,15H,2-6,9-10H2,1H3,(H,20,22). The Hall–Kier alpha value is -1.55. The Morgan fingerprint density at radius 1 is 1.22 bits per heavy atom. The monoisotopic (exact) mass is 335 g/mol. The molecule has 1 aliphatic heterocycles. The molecule has 0 bridgehead atoms. The van der Waals surface area contributed by atoms with Gasteiger partial charge in [-0.1, -0.05) is 43.4 Å². The molecule has 1 atom stereocenters. The minimum absolute atomic E-state index is 0.0181. The van der Waals surface area contributed by atoms with Crippen LogP contribution in [-0.4, -0.2) is 23.8 Å². The average molecular weight is 336 g/mol. The van der Waals surface area contributed by atoms with Crippen molar-refractivity contribution in [3.63, 3.8) is 0 Å². The Bertz CT molecular complexity index is 621. The maximum absolute atomic E-state index is 13.0. The fourth-order valence-corrected chi connectivity index (χ4v) is 4.03. The molecule has 1 amide bonds. The third-order valence-electron chi connectivity index (χ3n) is 4.91. The molecular weight excluding hydrogens is 314 g/mol. The molecule has 1 unspecified atom stereocenters. The van der Waals surface area contributed by atoms with Crippen LogP contribution in [0.25, 0.3) is 0 Å². The summed E-state index contributed by atoms with van der Waals surface area (Å²) in [5, 5.41) is 3.41. The second kappa shape index (κ2) is 6.52. The molecule has 5 heteroatoms. The van der Waals surface area contributed by atoms with Gasteiger partial charge in [0.05, 0.1) is 12.1 Å². The summed E-state index contributed by atoms with van der Waals surface area (Å²) in [6.45, 7) is 2.44. The third-order valence-corrected chi connectivity index (χ3v) is 5.24. The fraction of sp³-hybridized carbons (Fsp3) is 0.556. The number of ketones is 1. The van der Waals surface area contributed by atoms with E-state index in [9.17, 15) is 9.59 Å². The molecule has 124 valence electrons. The van der Waals surface area contributed by atoms with E-state index in [0.29, 0.717) is 22.9 Å². The van der Waals surface area contributed by atoms with Crippen molar-refractivity contribution in [2.75, 3.05) is 6.61 Å². The van der Waals surface area contributed by atoms with Gasteiger partial charge in [-0.2, -0.15) is 0 Å². The van der Waals surface area contributed by atoms with Crippen LogP contribution in [0.5, 0.6) is 5.75 Å². The van der Waals surface area contributed by atoms with Gasteiger partial charge in [0.25, 0.3) is 0 Å². The number of benzene rings is 1. The first kappa shape index (κ1) is 16.3. The predicted molar refractivity (Wildman–Crippen MR) is 88.9 cm³/mol. The fourth-order valence-electron chi connectivity index (χ4n) is 3.75. The summed E-state index contributed by atoms with van der Waals surface area (Å²) >= 11 is 6.32. The second-order valence-electron chi connectivity index (χ2n) is 6.40. The molecule has 2 aliphatic rings. The maximum Gasteiger partial charge on any atom is 0.236 e. The lowest BCUT2D eigenvalue weighted by molar-refractivity contribution is -0.125. The first-order valence-electron chi connectivity index (χ1n) is 8.36. The smallest absolute Gasteiger partial charge is 0.236 e. The molecule has 1 aromatic carbocycles.